The van der Waals surface area contributed by atoms with Crippen molar-refractivity contribution in [3.05, 3.63) is 84.1 Å². The van der Waals surface area contributed by atoms with Crippen molar-refractivity contribution in [2.24, 2.45) is 0 Å². The van der Waals surface area contributed by atoms with Crippen molar-refractivity contribution in [3.63, 3.8) is 0 Å². The Balaban J connectivity index is 1.61. The third-order valence-corrected chi connectivity index (χ3v) is 5.51. The molecule has 0 radical (unpaired) electrons. The molecule has 0 saturated carbocycles. The van der Waals surface area contributed by atoms with Crippen LogP contribution in [-0.4, -0.2) is 45.2 Å². The molecule has 0 unspecified atom stereocenters. The first kappa shape index (κ1) is 21.2. The minimum absolute atomic E-state index is 0.0292. The Morgan fingerprint density at radius 2 is 1.80 bits per heavy atom. The average molecular weight is 426 g/mol. The van der Waals surface area contributed by atoms with Gasteiger partial charge in [-0.05, 0) is 24.3 Å². The van der Waals surface area contributed by atoms with E-state index in [4.69, 9.17) is 4.74 Å². The lowest BCUT2D eigenvalue weighted by molar-refractivity contribution is -0.117. The molecule has 154 valence electrons. The summed E-state index contributed by atoms with van der Waals surface area (Å²) in [7, 11) is -2.48. The molecule has 30 heavy (non-hydrogen) atoms. The Morgan fingerprint density at radius 1 is 1.10 bits per heavy atom. The van der Waals surface area contributed by atoms with Crippen molar-refractivity contribution >= 4 is 21.7 Å². The minimum Gasteiger partial charge on any atom is -0.497 e. The summed E-state index contributed by atoms with van der Waals surface area (Å²) in [5, 5.41) is 0. The number of hydrogen-bond donors (Lipinski definition) is 2. The van der Waals surface area contributed by atoms with Crippen LogP contribution in [0, 0.1) is 6.08 Å². The topological polar surface area (TPSA) is 105 Å². The molecule has 0 aliphatic carbocycles. The second-order valence-corrected chi connectivity index (χ2v) is 8.04. The molecule has 2 N–H and O–H groups in total. The number of hydrazine groups is 1. The van der Waals surface area contributed by atoms with Crippen LogP contribution in [-0.2, 0) is 14.8 Å². The summed E-state index contributed by atoms with van der Waals surface area (Å²) < 4.78 is 29.6. The normalized spacial score (nSPS) is 13.2. The van der Waals surface area contributed by atoms with E-state index >= 15 is 0 Å². The van der Waals surface area contributed by atoms with Crippen LogP contribution in [0.3, 0.4) is 0 Å². The number of rotatable bonds is 8. The zero-order chi connectivity index (χ0) is 21.6. The lowest BCUT2D eigenvalue weighted by Crippen LogP contribution is -2.42. The highest BCUT2D eigenvalue weighted by Gasteiger charge is 2.25. The SMILES string of the molecule is COc1ccc(S(=O)(=O)NNC(=O)C2=CN(CC(=O)c3ccccc3)C[C+]=C2)cc1. The van der Waals surface area contributed by atoms with E-state index in [1.165, 1.54) is 43.7 Å². The maximum atomic E-state index is 12.4. The predicted molar refractivity (Wildman–Crippen MR) is 110 cm³/mol. The Labute approximate surface area is 174 Å². The number of nitrogens with zero attached hydrogens (tertiary/aromatic N) is 1. The van der Waals surface area contributed by atoms with Crippen LogP contribution in [0.1, 0.15) is 10.4 Å². The third kappa shape index (κ3) is 5.30. The number of carbonyl (C=O) groups excluding carboxylic acids is 2. The largest absolute Gasteiger partial charge is 0.497 e. The first-order valence-corrected chi connectivity index (χ1v) is 10.4. The van der Waals surface area contributed by atoms with Gasteiger partial charge in [0.2, 0.25) is 0 Å². The van der Waals surface area contributed by atoms with Gasteiger partial charge in [0.1, 0.15) is 11.9 Å². The number of benzene rings is 2. The van der Waals surface area contributed by atoms with Gasteiger partial charge < -0.3 is 9.64 Å². The molecular formula is C21H20N3O5S+. The molecule has 0 atom stereocenters. The number of nitrogens with one attached hydrogen (secondary N) is 2. The van der Waals surface area contributed by atoms with Gasteiger partial charge in [0, 0.05) is 5.56 Å². The summed E-state index contributed by atoms with van der Waals surface area (Å²) in [4.78, 5) is 28.4. The van der Waals surface area contributed by atoms with Crippen LogP contribution in [0.5, 0.6) is 5.75 Å². The molecule has 0 fully saturated rings. The number of amides is 1. The van der Waals surface area contributed by atoms with Crippen LogP contribution in [0.4, 0.5) is 0 Å². The second-order valence-electron chi connectivity index (χ2n) is 6.36. The highest BCUT2D eigenvalue weighted by atomic mass is 32.2. The highest BCUT2D eigenvalue weighted by Crippen LogP contribution is 2.15. The van der Waals surface area contributed by atoms with Crippen molar-refractivity contribution in [1.82, 2.24) is 15.2 Å². The summed E-state index contributed by atoms with van der Waals surface area (Å²) >= 11 is 0. The van der Waals surface area contributed by atoms with Gasteiger partial charge in [-0.25, -0.2) is 13.2 Å². The van der Waals surface area contributed by atoms with Gasteiger partial charge in [0.15, 0.2) is 24.0 Å². The Morgan fingerprint density at radius 3 is 2.47 bits per heavy atom. The maximum absolute atomic E-state index is 12.4. The van der Waals surface area contributed by atoms with Gasteiger partial charge in [-0.1, -0.05) is 30.3 Å². The molecule has 1 aliphatic rings. The quantitative estimate of drug-likeness (QED) is 0.376. The van der Waals surface area contributed by atoms with Crippen LogP contribution in [0.15, 0.2) is 77.3 Å². The fourth-order valence-corrected chi connectivity index (χ4v) is 3.52. The number of hydrogen-bond acceptors (Lipinski definition) is 6. The van der Waals surface area contributed by atoms with E-state index in [-0.39, 0.29) is 22.8 Å². The van der Waals surface area contributed by atoms with Crippen molar-refractivity contribution in [2.45, 2.75) is 4.90 Å². The van der Waals surface area contributed by atoms with Crippen LogP contribution >= 0.6 is 0 Å². The van der Waals surface area contributed by atoms with E-state index in [2.05, 4.69) is 11.5 Å². The van der Waals surface area contributed by atoms with Crippen LogP contribution < -0.4 is 15.0 Å². The monoisotopic (exact) mass is 426 g/mol. The molecule has 2 aromatic rings. The van der Waals surface area contributed by atoms with Gasteiger partial charge in [-0.3, -0.25) is 10.2 Å². The molecule has 2 aromatic carbocycles. The second kappa shape index (κ2) is 9.32. The zero-order valence-electron chi connectivity index (χ0n) is 16.2. The first-order valence-electron chi connectivity index (χ1n) is 8.96. The Hall–Kier alpha value is -3.52. The van der Waals surface area contributed by atoms with Gasteiger partial charge >= 0.3 is 5.91 Å². The molecule has 0 bridgehead atoms. The summed E-state index contributed by atoms with van der Waals surface area (Å²) in [6, 6.07) is 14.5. The molecular weight excluding hydrogens is 406 g/mol. The van der Waals surface area contributed by atoms with E-state index in [0.717, 1.165) is 0 Å². The summed E-state index contributed by atoms with van der Waals surface area (Å²) in [6.07, 6.45) is 5.83. The number of Topliss-reactive ketones (excluding diaryl/α,β-unsaturated/α-hetero) is 1. The number of carbonyl (C=O) groups is 2. The molecule has 8 nitrogen and oxygen atoms in total. The summed E-state index contributed by atoms with van der Waals surface area (Å²) in [5.41, 5.74) is 2.90. The minimum atomic E-state index is -3.95. The highest BCUT2D eigenvalue weighted by molar-refractivity contribution is 7.89. The number of ketones is 1. The summed E-state index contributed by atoms with van der Waals surface area (Å²) in [6.45, 7) is 0.409. The molecule has 1 amide bonds. The molecule has 0 saturated heterocycles. The predicted octanol–water partition coefficient (Wildman–Crippen LogP) is 1.45. The fraction of sp³-hybridized carbons (Fsp3) is 0.143. The van der Waals surface area contributed by atoms with E-state index in [1.807, 2.05) is 10.9 Å². The van der Waals surface area contributed by atoms with E-state index in [0.29, 0.717) is 17.9 Å². The van der Waals surface area contributed by atoms with Gasteiger partial charge in [0.25, 0.3) is 10.0 Å². The van der Waals surface area contributed by atoms with Crippen molar-refractivity contribution in [3.8, 4) is 5.75 Å². The molecule has 1 aliphatic heterocycles. The first-order chi connectivity index (χ1) is 14.4. The number of ether oxygens (including phenoxy) is 1. The lowest BCUT2D eigenvalue weighted by Gasteiger charge is -2.16. The Kier molecular flexibility index (Phi) is 6.58. The molecule has 0 aromatic heterocycles. The fourth-order valence-electron chi connectivity index (χ4n) is 2.68. The molecule has 3 rings (SSSR count). The third-order valence-electron chi connectivity index (χ3n) is 4.25. The van der Waals surface area contributed by atoms with Crippen molar-refractivity contribution in [2.75, 3.05) is 20.2 Å². The lowest BCUT2D eigenvalue weighted by atomic mass is 10.1. The smallest absolute Gasteiger partial charge is 0.351 e. The average Bonchev–Trinajstić information content (AvgIpc) is 2.78. The van der Waals surface area contributed by atoms with Gasteiger partial charge in [-0.15, -0.1) is 4.83 Å². The molecule has 9 heteroatoms. The van der Waals surface area contributed by atoms with Crippen LogP contribution in [0.2, 0.25) is 0 Å². The van der Waals surface area contributed by atoms with Crippen molar-refractivity contribution < 1.29 is 22.7 Å². The van der Waals surface area contributed by atoms with Gasteiger partial charge in [0.05, 0.1) is 24.6 Å². The standard InChI is InChI=1S/C21H19N3O5S/c1-29-18-9-11-19(12-10-18)30(27,28)23-22-21(26)17-8-5-13-24(14-17)15-20(25)16-6-3-2-4-7-16/h2-4,6-12,14,23H,13,15H2,1H3/p+1. The van der Waals surface area contributed by atoms with Crippen molar-refractivity contribution in [1.29, 1.82) is 0 Å². The molecule has 0 spiro atoms. The van der Waals surface area contributed by atoms with E-state index in [9.17, 15) is 18.0 Å². The Bertz CT molecular complexity index is 1080. The van der Waals surface area contributed by atoms with Crippen LogP contribution in [0.25, 0.3) is 0 Å². The number of sulfonamides is 1. The summed E-state index contributed by atoms with van der Waals surface area (Å²) in [5.74, 6) is -0.261. The zero-order valence-corrected chi connectivity index (χ0v) is 17.0. The number of methoxy groups -OCH3 is 1. The van der Waals surface area contributed by atoms with E-state index in [1.54, 1.807) is 29.2 Å². The molecule has 1 heterocycles. The maximum Gasteiger partial charge on any atom is 0.351 e. The van der Waals surface area contributed by atoms with E-state index < -0.39 is 15.9 Å². The van der Waals surface area contributed by atoms with Gasteiger partial charge in [-0.2, -0.15) is 0 Å².